The first-order valence-corrected chi connectivity index (χ1v) is 7.90. The number of benzene rings is 1. The third-order valence-electron chi connectivity index (χ3n) is 4.05. The second kappa shape index (κ2) is 6.09. The van der Waals surface area contributed by atoms with Crippen LogP contribution in [0.4, 0.5) is 5.69 Å². The number of carbonyl (C=O) groups excluding carboxylic acids is 2. The van der Waals surface area contributed by atoms with Crippen LogP contribution in [0.2, 0.25) is 0 Å². The molecule has 1 fully saturated rings. The summed E-state index contributed by atoms with van der Waals surface area (Å²) in [5.74, 6) is -0.926. The molecule has 1 aliphatic carbocycles. The molecule has 0 radical (unpaired) electrons. The maximum atomic E-state index is 12.0. The number of amides is 1. The highest BCUT2D eigenvalue weighted by Crippen LogP contribution is 2.64. The molecule has 1 saturated carbocycles. The van der Waals surface area contributed by atoms with E-state index >= 15 is 0 Å². The Labute approximate surface area is 140 Å². The summed E-state index contributed by atoms with van der Waals surface area (Å²) in [6.07, 6.45) is 1.14. The van der Waals surface area contributed by atoms with Crippen molar-refractivity contribution in [1.29, 1.82) is 0 Å². The molecule has 2 rings (SSSR count). The summed E-state index contributed by atoms with van der Waals surface area (Å²) in [7, 11) is 0. The Balaban J connectivity index is 1.93. The zero-order valence-corrected chi connectivity index (χ0v) is 14.3. The number of aryl methyl sites for hydroxylation is 2. The van der Waals surface area contributed by atoms with Gasteiger partial charge in [0.1, 0.15) is 9.75 Å². The van der Waals surface area contributed by atoms with Crippen LogP contribution in [0, 0.1) is 12.3 Å². The molecule has 0 unspecified atom stereocenters. The summed E-state index contributed by atoms with van der Waals surface area (Å²) in [5.41, 5.74) is 1.85. The van der Waals surface area contributed by atoms with E-state index in [1.54, 1.807) is 6.92 Å². The van der Waals surface area contributed by atoms with Crippen LogP contribution in [0.25, 0.3) is 0 Å². The number of hydrogen-bond donors (Lipinski definition) is 1. The third-order valence-corrected chi connectivity index (χ3v) is 5.15. The van der Waals surface area contributed by atoms with Crippen molar-refractivity contribution < 1.29 is 14.3 Å². The first kappa shape index (κ1) is 17.1. The quantitative estimate of drug-likeness (QED) is 0.656. The van der Waals surface area contributed by atoms with Gasteiger partial charge in [-0.2, -0.15) is 0 Å². The van der Waals surface area contributed by atoms with Gasteiger partial charge in [0.05, 0.1) is 0 Å². The molecule has 4 nitrogen and oxygen atoms in total. The van der Waals surface area contributed by atoms with Gasteiger partial charge in [-0.3, -0.25) is 9.59 Å². The molecular formula is C16H19Cl2NO3. The largest absolute Gasteiger partial charge is 0.455 e. The average Bonchev–Trinajstić information content (AvgIpc) is 2.98. The maximum absolute atomic E-state index is 12.0. The van der Waals surface area contributed by atoms with Crippen LogP contribution in [0.3, 0.4) is 0 Å². The molecule has 0 spiro atoms. The number of esters is 1. The summed E-state index contributed by atoms with van der Waals surface area (Å²) in [6.45, 7) is 5.21. The van der Waals surface area contributed by atoms with E-state index in [-0.39, 0.29) is 12.5 Å². The van der Waals surface area contributed by atoms with Crippen LogP contribution in [0.15, 0.2) is 18.2 Å². The normalized spacial score (nSPS) is 22.0. The van der Waals surface area contributed by atoms with Crippen molar-refractivity contribution in [2.45, 2.75) is 37.9 Å². The molecule has 1 aromatic rings. The minimum atomic E-state index is -1.09. The van der Waals surface area contributed by atoms with Gasteiger partial charge in [-0.05, 0) is 31.4 Å². The lowest BCUT2D eigenvalue weighted by atomic mass is 10.1. The highest BCUT2D eigenvalue weighted by atomic mass is 35.5. The zero-order valence-electron chi connectivity index (χ0n) is 12.8. The summed E-state index contributed by atoms with van der Waals surface area (Å²) >= 11 is 11.8. The fourth-order valence-electron chi connectivity index (χ4n) is 2.29. The van der Waals surface area contributed by atoms with Crippen molar-refractivity contribution >= 4 is 40.8 Å². The van der Waals surface area contributed by atoms with Gasteiger partial charge in [0.2, 0.25) is 0 Å². The highest BCUT2D eigenvalue weighted by molar-refractivity contribution is 6.53. The zero-order chi connectivity index (χ0) is 16.5. The van der Waals surface area contributed by atoms with Gasteiger partial charge in [0.25, 0.3) is 5.91 Å². The average molecular weight is 344 g/mol. The minimum absolute atomic E-state index is 0.335. The highest BCUT2D eigenvalue weighted by Gasteiger charge is 2.69. The van der Waals surface area contributed by atoms with Crippen molar-refractivity contribution in [3.8, 4) is 0 Å². The Bertz CT molecular complexity index is 615. The van der Waals surface area contributed by atoms with Crippen LogP contribution in [-0.2, 0) is 20.7 Å². The van der Waals surface area contributed by atoms with E-state index < -0.39 is 15.7 Å². The number of anilines is 1. The van der Waals surface area contributed by atoms with Crippen molar-refractivity contribution in [1.82, 2.24) is 0 Å². The van der Waals surface area contributed by atoms with Crippen molar-refractivity contribution in [2.75, 3.05) is 11.9 Å². The summed E-state index contributed by atoms with van der Waals surface area (Å²) in [6, 6.07) is 5.81. The van der Waals surface area contributed by atoms with Gasteiger partial charge in [0.15, 0.2) is 6.61 Å². The standard InChI is InChI=1S/C16H19Cl2NO3/c1-4-11-7-5-6-10(2)13(11)19-12(20)8-22-14(21)15(3)9-16(15,17)18/h5-7H,4,8-9H2,1-3H3,(H,19,20)/t15-/m0/s1. The van der Waals surface area contributed by atoms with Crippen LogP contribution < -0.4 is 5.32 Å². The second-order valence-corrected chi connectivity index (χ2v) is 7.28. The lowest BCUT2D eigenvalue weighted by Crippen LogP contribution is -2.27. The molecule has 1 N–H and O–H groups in total. The molecule has 0 aromatic heterocycles. The van der Waals surface area contributed by atoms with Crippen LogP contribution in [0.5, 0.6) is 0 Å². The fraction of sp³-hybridized carbons (Fsp3) is 0.500. The Hall–Kier alpha value is -1.26. The number of rotatable bonds is 5. The van der Waals surface area contributed by atoms with E-state index in [1.165, 1.54) is 0 Å². The van der Waals surface area contributed by atoms with E-state index in [9.17, 15) is 9.59 Å². The second-order valence-electron chi connectivity index (χ2n) is 5.80. The van der Waals surface area contributed by atoms with Crippen molar-refractivity contribution in [3.05, 3.63) is 29.3 Å². The van der Waals surface area contributed by atoms with Gasteiger partial charge >= 0.3 is 5.97 Å². The van der Waals surface area contributed by atoms with Gasteiger partial charge in [-0.1, -0.05) is 25.1 Å². The first-order chi connectivity index (χ1) is 10.2. The summed E-state index contributed by atoms with van der Waals surface area (Å²) in [4.78, 5) is 23.9. The summed E-state index contributed by atoms with van der Waals surface area (Å²) in [5, 5.41) is 2.80. The molecule has 0 aliphatic heterocycles. The van der Waals surface area contributed by atoms with Gasteiger partial charge < -0.3 is 10.1 Å². The van der Waals surface area contributed by atoms with Crippen molar-refractivity contribution in [2.24, 2.45) is 5.41 Å². The fourth-order valence-corrected chi connectivity index (χ4v) is 2.98. The number of para-hydroxylation sites is 1. The monoisotopic (exact) mass is 343 g/mol. The molecule has 1 aliphatic rings. The van der Waals surface area contributed by atoms with E-state index in [0.717, 1.165) is 23.2 Å². The number of hydrogen-bond acceptors (Lipinski definition) is 3. The topological polar surface area (TPSA) is 55.4 Å². The smallest absolute Gasteiger partial charge is 0.315 e. The molecule has 0 saturated heterocycles. The Morgan fingerprint density at radius 2 is 2.00 bits per heavy atom. The lowest BCUT2D eigenvalue weighted by molar-refractivity contribution is -0.152. The number of ether oxygens (including phenoxy) is 1. The van der Waals surface area contributed by atoms with Gasteiger partial charge in [0, 0.05) is 12.1 Å². The van der Waals surface area contributed by atoms with Gasteiger partial charge in [-0.25, -0.2) is 0 Å². The van der Waals surface area contributed by atoms with E-state index in [4.69, 9.17) is 27.9 Å². The van der Waals surface area contributed by atoms with Crippen LogP contribution in [0.1, 0.15) is 31.4 Å². The van der Waals surface area contributed by atoms with Crippen LogP contribution >= 0.6 is 23.2 Å². The van der Waals surface area contributed by atoms with Gasteiger partial charge in [-0.15, -0.1) is 23.2 Å². The predicted molar refractivity (Wildman–Crippen MR) is 87.3 cm³/mol. The Morgan fingerprint density at radius 3 is 2.55 bits per heavy atom. The lowest BCUT2D eigenvalue weighted by Gasteiger charge is -2.14. The maximum Gasteiger partial charge on any atom is 0.315 e. The first-order valence-electron chi connectivity index (χ1n) is 7.14. The molecule has 22 heavy (non-hydrogen) atoms. The third kappa shape index (κ3) is 3.23. The van der Waals surface area contributed by atoms with Crippen LogP contribution in [-0.4, -0.2) is 22.8 Å². The molecule has 0 bridgehead atoms. The molecule has 0 heterocycles. The number of alkyl halides is 2. The number of carbonyl (C=O) groups is 2. The predicted octanol–water partition coefficient (Wildman–Crippen LogP) is 3.62. The molecule has 120 valence electrons. The Morgan fingerprint density at radius 1 is 1.36 bits per heavy atom. The van der Waals surface area contributed by atoms with Crippen molar-refractivity contribution in [3.63, 3.8) is 0 Å². The molecule has 6 heteroatoms. The molecular weight excluding hydrogens is 325 g/mol. The summed E-state index contributed by atoms with van der Waals surface area (Å²) < 4.78 is 3.94. The SMILES string of the molecule is CCc1cccc(C)c1NC(=O)COC(=O)[C@]1(C)CC1(Cl)Cl. The van der Waals surface area contributed by atoms with E-state index in [0.29, 0.717) is 6.42 Å². The minimum Gasteiger partial charge on any atom is -0.455 e. The molecule has 1 amide bonds. The molecule has 1 atom stereocenters. The molecule has 1 aromatic carbocycles. The Kier molecular flexibility index (Phi) is 4.73. The van der Waals surface area contributed by atoms with E-state index in [2.05, 4.69) is 5.32 Å². The number of nitrogens with one attached hydrogen (secondary N) is 1. The van der Waals surface area contributed by atoms with E-state index in [1.807, 2.05) is 32.0 Å². The number of halogens is 2.